The minimum Gasteiger partial charge on any atom is -0.394 e. The lowest BCUT2D eigenvalue weighted by atomic mass is 10.0. The summed E-state index contributed by atoms with van der Waals surface area (Å²) in [7, 11) is 0. The highest BCUT2D eigenvalue weighted by molar-refractivity contribution is 5.76. The molecule has 0 saturated carbocycles. The van der Waals surface area contributed by atoms with E-state index in [4.69, 9.17) is 0 Å². The standard InChI is InChI=1S/C49H93NO3/c1-3-5-7-9-11-13-15-17-19-20-21-22-23-24-25-26-27-28-29-30-31-33-35-37-39-41-43-45-49(53)50-47(46-51)48(52)44-42-40-38-36-34-32-18-16-14-12-10-8-6-4-2/h21-22,24-25,42,44,47-48,51-52H,3-20,23,26-41,43,45-46H2,1-2H3,(H,50,53)/b22-21-,25-24-,44-42+. The Balaban J connectivity index is 3.52. The molecular formula is C49H93NO3. The van der Waals surface area contributed by atoms with Crippen molar-refractivity contribution in [2.75, 3.05) is 6.61 Å². The summed E-state index contributed by atoms with van der Waals surface area (Å²) in [6.07, 6.45) is 59.8. The first-order valence-corrected chi connectivity index (χ1v) is 23.7. The van der Waals surface area contributed by atoms with Crippen LogP contribution in [0.2, 0.25) is 0 Å². The number of aliphatic hydroxyl groups is 2. The molecule has 3 N–H and O–H groups in total. The smallest absolute Gasteiger partial charge is 0.220 e. The number of carbonyl (C=O) groups excluding carboxylic acids is 1. The molecule has 0 fully saturated rings. The van der Waals surface area contributed by atoms with Gasteiger partial charge in [0.15, 0.2) is 0 Å². The van der Waals surface area contributed by atoms with E-state index >= 15 is 0 Å². The highest BCUT2D eigenvalue weighted by Gasteiger charge is 2.17. The molecule has 4 heteroatoms. The Bertz CT molecular complexity index is 806. The van der Waals surface area contributed by atoms with Crippen molar-refractivity contribution in [2.24, 2.45) is 0 Å². The SMILES string of the molecule is CCCCCCCCCCC/C=C\C/C=C\CCCCCCCCCCCCCC(=O)NC(CO)C(O)/C=C/CCCCCCCCCCCCCC. The summed E-state index contributed by atoms with van der Waals surface area (Å²) < 4.78 is 0. The molecule has 1 amide bonds. The van der Waals surface area contributed by atoms with Crippen LogP contribution in [0.4, 0.5) is 0 Å². The second-order valence-corrected chi connectivity index (χ2v) is 16.2. The number of rotatable bonds is 43. The monoisotopic (exact) mass is 744 g/mol. The predicted octanol–water partition coefficient (Wildman–Crippen LogP) is 15.0. The van der Waals surface area contributed by atoms with Crippen LogP contribution in [-0.2, 0) is 4.79 Å². The molecule has 0 aromatic heterocycles. The van der Waals surface area contributed by atoms with Crippen LogP contribution in [0.1, 0.15) is 251 Å². The molecule has 0 aliphatic carbocycles. The van der Waals surface area contributed by atoms with Gasteiger partial charge in [-0.2, -0.15) is 0 Å². The summed E-state index contributed by atoms with van der Waals surface area (Å²) in [6, 6.07) is -0.622. The van der Waals surface area contributed by atoms with E-state index < -0.39 is 12.1 Å². The highest BCUT2D eigenvalue weighted by Crippen LogP contribution is 2.15. The van der Waals surface area contributed by atoms with Gasteiger partial charge < -0.3 is 15.5 Å². The van der Waals surface area contributed by atoms with Crippen LogP contribution < -0.4 is 5.32 Å². The Labute approximate surface area is 331 Å². The van der Waals surface area contributed by atoms with Gasteiger partial charge in [0.2, 0.25) is 5.91 Å². The van der Waals surface area contributed by atoms with Crippen molar-refractivity contribution in [1.29, 1.82) is 0 Å². The number of amides is 1. The average molecular weight is 744 g/mol. The fourth-order valence-electron chi connectivity index (χ4n) is 7.21. The molecule has 0 aromatic carbocycles. The zero-order valence-electron chi connectivity index (χ0n) is 35.8. The van der Waals surface area contributed by atoms with Gasteiger partial charge in [0.25, 0.3) is 0 Å². The molecule has 0 heterocycles. The molecule has 2 atom stereocenters. The van der Waals surface area contributed by atoms with Crippen LogP contribution in [0, 0.1) is 0 Å². The summed E-state index contributed by atoms with van der Waals surface area (Å²) in [4.78, 5) is 12.4. The zero-order chi connectivity index (χ0) is 38.6. The quantitative estimate of drug-likeness (QED) is 0.0430. The van der Waals surface area contributed by atoms with Crippen LogP contribution in [0.25, 0.3) is 0 Å². The molecule has 4 nitrogen and oxygen atoms in total. The van der Waals surface area contributed by atoms with E-state index in [0.29, 0.717) is 6.42 Å². The fraction of sp³-hybridized carbons (Fsp3) is 0.857. The lowest BCUT2D eigenvalue weighted by Crippen LogP contribution is -2.45. The van der Waals surface area contributed by atoms with Crippen LogP contribution in [-0.4, -0.2) is 34.9 Å². The van der Waals surface area contributed by atoms with Gasteiger partial charge >= 0.3 is 0 Å². The van der Waals surface area contributed by atoms with E-state index in [2.05, 4.69) is 43.5 Å². The maximum absolute atomic E-state index is 12.4. The first-order valence-electron chi connectivity index (χ1n) is 23.7. The Hall–Kier alpha value is -1.39. The zero-order valence-corrected chi connectivity index (χ0v) is 35.8. The third-order valence-electron chi connectivity index (χ3n) is 10.9. The number of hydrogen-bond acceptors (Lipinski definition) is 3. The van der Waals surface area contributed by atoms with Crippen LogP contribution in [0.5, 0.6) is 0 Å². The van der Waals surface area contributed by atoms with Crippen LogP contribution in [0.15, 0.2) is 36.5 Å². The summed E-state index contributed by atoms with van der Waals surface area (Å²) in [6.45, 7) is 4.31. The fourth-order valence-corrected chi connectivity index (χ4v) is 7.21. The maximum Gasteiger partial charge on any atom is 0.220 e. The van der Waals surface area contributed by atoms with Gasteiger partial charge in [-0.05, 0) is 51.4 Å². The summed E-state index contributed by atoms with van der Waals surface area (Å²) in [5, 5.41) is 23.0. The van der Waals surface area contributed by atoms with Crippen molar-refractivity contribution in [3.63, 3.8) is 0 Å². The molecule has 0 rings (SSSR count). The van der Waals surface area contributed by atoms with E-state index in [-0.39, 0.29) is 12.5 Å². The van der Waals surface area contributed by atoms with E-state index in [0.717, 1.165) is 32.1 Å². The molecule has 0 aliphatic rings. The minimum absolute atomic E-state index is 0.0654. The summed E-state index contributed by atoms with van der Waals surface area (Å²) in [5.74, 6) is -0.0654. The van der Waals surface area contributed by atoms with Crippen LogP contribution in [0.3, 0.4) is 0 Å². The van der Waals surface area contributed by atoms with Crippen molar-refractivity contribution in [3.05, 3.63) is 36.5 Å². The van der Waals surface area contributed by atoms with Gasteiger partial charge in [-0.25, -0.2) is 0 Å². The molecule has 0 radical (unpaired) electrons. The molecule has 0 spiro atoms. The number of hydrogen-bond donors (Lipinski definition) is 3. The van der Waals surface area contributed by atoms with Crippen molar-refractivity contribution in [3.8, 4) is 0 Å². The Kier molecular flexibility index (Phi) is 43.8. The van der Waals surface area contributed by atoms with Gasteiger partial charge in [0, 0.05) is 6.42 Å². The first kappa shape index (κ1) is 51.6. The minimum atomic E-state index is -0.838. The first-order chi connectivity index (χ1) is 26.2. The van der Waals surface area contributed by atoms with Crippen LogP contribution >= 0.6 is 0 Å². The number of aliphatic hydroxyl groups excluding tert-OH is 2. The van der Waals surface area contributed by atoms with Gasteiger partial charge in [0.05, 0.1) is 18.8 Å². The summed E-state index contributed by atoms with van der Waals surface area (Å²) in [5.41, 5.74) is 0. The molecule has 2 unspecified atom stereocenters. The molecular weight excluding hydrogens is 651 g/mol. The second kappa shape index (κ2) is 45.0. The average Bonchev–Trinajstić information content (AvgIpc) is 3.16. The third kappa shape index (κ3) is 41.6. The van der Waals surface area contributed by atoms with Crippen molar-refractivity contribution in [2.45, 2.75) is 264 Å². The van der Waals surface area contributed by atoms with Gasteiger partial charge in [-0.15, -0.1) is 0 Å². The topological polar surface area (TPSA) is 69.6 Å². The predicted molar refractivity (Wildman–Crippen MR) is 235 cm³/mol. The Morgan fingerprint density at radius 3 is 1.13 bits per heavy atom. The van der Waals surface area contributed by atoms with Gasteiger partial charge in [-0.3, -0.25) is 4.79 Å². The molecule has 0 saturated heterocycles. The Morgan fingerprint density at radius 2 is 0.774 bits per heavy atom. The second-order valence-electron chi connectivity index (χ2n) is 16.2. The summed E-state index contributed by atoms with van der Waals surface area (Å²) >= 11 is 0. The lowest BCUT2D eigenvalue weighted by molar-refractivity contribution is -0.123. The molecule has 312 valence electrons. The largest absolute Gasteiger partial charge is 0.394 e. The lowest BCUT2D eigenvalue weighted by Gasteiger charge is -2.20. The van der Waals surface area contributed by atoms with E-state index in [1.807, 2.05) is 6.08 Å². The number of carbonyl (C=O) groups is 1. The van der Waals surface area contributed by atoms with E-state index in [1.54, 1.807) is 6.08 Å². The number of unbranched alkanes of at least 4 members (excludes halogenated alkanes) is 32. The van der Waals surface area contributed by atoms with Gasteiger partial charge in [-0.1, -0.05) is 230 Å². The molecule has 0 aliphatic heterocycles. The van der Waals surface area contributed by atoms with Gasteiger partial charge in [0.1, 0.15) is 0 Å². The van der Waals surface area contributed by atoms with E-state index in [9.17, 15) is 15.0 Å². The van der Waals surface area contributed by atoms with E-state index in [1.165, 1.54) is 199 Å². The molecule has 0 aromatic rings. The van der Waals surface area contributed by atoms with Crippen molar-refractivity contribution < 1.29 is 15.0 Å². The van der Waals surface area contributed by atoms with Crippen molar-refractivity contribution in [1.82, 2.24) is 5.32 Å². The molecule has 0 bridgehead atoms. The highest BCUT2D eigenvalue weighted by atomic mass is 16.3. The third-order valence-corrected chi connectivity index (χ3v) is 10.9. The molecule has 53 heavy (non-hydrogen) atoms. The maximum atomic E-state index is 12.4. The van der Waals surface area contributed by atoms with Crippen molar-refractivity contribution >= 4 is 5.91 Å². The Morgan fingerprint density at radius 1 is 0.453 bits per heavy atom. The number of allylic oxidation sites excluding steroid dienone is 5. The number of nitrogens with one attached hydrogen (secondary N) is 1. The normalized spacial score (nSPS) is 13.2.